The Morgan fingerprint density at radius 2 is 1.85 bits per heavy atom. The normalized spacial score (nSPS) is 10.7. The highest BCUT2D eigenvalue weighted by molar-refractivity contribution is 7.97. The van der Waals surface area contributed by atoms with Crippen LogP contribution in [0, 0.1) is 10.1 Å². The lowest BCUT2D eigenvalue weighted by molar-refractivity contribution is -0.384. The second-order valence-electron chi connectivity index (χ2n) is 4.33. The maximum absolute atomic E-state index is 10.5. The second-order valence-corrected chi connectivity index (χ2v) is 5.19. The first kappa shape index (κ1) is 14.6. The zero-order chi connectivity index (χ0) is 14.4. The number of nitrogens with zero attached hydrogens (tertiary/aromatic N) is 1. The van der Waals surface area contributed by atoms with Gasteiger partial charge >= 0.3 is 0 Å². The zero-order valence-electron chi connectivity index (χ0n) is 11.2. The highest BCUT2D eigenvalue weighted by Gasteiger charge is 2.04. The van der Waals surface area contributed by atoms with Gasteiger partial charge in [0.2, 0.25) is 0 Å². The third-order valence-electron chi connectivity index (χ3n) is 2.78. The lowest BCUT2D eigenvalue weighted by atomic mass is 10.2. The van der Waals surface area contributed by atoms with Crippen LogP contribution in [0.15, 0.2) is 40.8 Å². The predicted molar refractivity (Wildman–Crippen MR) is 79.6 cm³/mol. The van der Waals surface area contributed by atoms with E-state index < -0.39 is 4.92 Å². The lowest BCUT2D eigenvalue weighted by Crippen LogP contribution is -2.12. The molecule has 1 aromatic carbocycles. The van der Waals surface area contributed by atoms with Gasteiger partial charge in [0.25, 0.3) is 5.69 Å². The summed E-state index contributed by atoms with van der Waals surface area (Å²) in [5, 5.41) is 13.8. The van der Waals surface area contributed by atoms with Crippen molar-refractivity contribution in [1.82, 2.24) is 5.32 Å². The SMILES string of the molecule is CSCc1ccc(CNCc2ccc([N+](=O)[O-])cc2)o1. The third-order valence-corrected chi connectivity index (χ3v) is 3.35. The van der Waals surface area contributed by atoms with Gasteiger partial charge < -0.3 is 9.73 Å². The molecular weight excluding hydrogens is 276 g/mol. The number of hydrogen-bond donors (Lipinski definition) is 1. The smallest absolute Gasteiger partial charge is 0.269 e. The number of thioether (sulfide) groups is 1. The summed E-state index contributed by atoms with van der Waals surface area (Å²) in [5.41, 5.74) is 1.12. The molecule has 1 N–H and O–H groups in total. The number of non-ortho nitro benzene ring substituents is 1. The molecule has 0 radical (unpaired) electrons. The molecule has 2 aromatic rings. The largest absolute Gasteiger partial charge is 0.464 e. The number of hydrogen-bond acceptors (Lipinski definition) is 5. The second kappa shape index (κ2) is 7.12. The van der Waals surface area contributed by atoms with Crippen LogP contribution >= 0.6 is 11.8 Å². The van der Waals surface area contributed by atoms with Gasteiger partial charge in [-0.05, 0) is 24.0 Å². The Hall–Kier alpha value is -1.79. The maximum atomic E-state index is 10.5. The predicted octanol–water partition coefficient (Wildman–Crippen LogP) is 3.34. The van der Waals surface area contributed by atoms with Crippen molar-refractivity contribution in [2.24, 2.45) is 0 Å². The summed E-state index contributed by atoms with van der Waals surface area (Å²) in [6, 6.07) is 10.5. The molecule has 0 bridgehead atoms. The Morgan fingerprint density at radius 1 is 1.15 bits per heavy atom. The van der Waals surface area contributed by atoms with Crippen LogP contribution in [0.5, 0.6) is 0 Å². The van der Waals surface area contributed by atoms with Crippen LogP contribution in [0.3, 0.4) is 0 Å². The monoisotopic (exact) mass is 292 g/mol. The Bertz CT molecular complexity index is 566. The van der Waals surface area contributed by atoms with E-state index >= 15 is 0 Å². The summed E-state index contributed by atoms with van der Waals surface area (Å²) < 4.78 is 5.64. The minimum Gasteiger partial charge on any atom is -0.464 e. The highest BCUT2D eigenvalue weighted by atomic mass is 32.2. The van der Waals surface area contributed by atoms with Gasteiger partial charge in [-0.25, -0.2) is 0 Å². The molecule has 1 heterocycles. The molecule has 1 aromatic heterocycles. The third kappa shape index (κ3) is 4.11. The van der Waals surface area contributed by atoms with Gasteiger partial charge in [0.05, 0.1) is 17.2 Å². The topological polar surface area (TPSA) is 68.3 Å². The Labute approximate surface area is 121 Å². The Morgan fingerprint density at radius 3 is 2.50 bits per heavy atom. The number of nitro groups is 1. The van der Waals surface area contributed by atoms with Crippen LogP contribution in [0.2, 0.25) is 0 Å². The van der Waals surface area contributed by atoms with E-state index in [2.05, 4.69) is 5.32 Å². The molecule has 0 saturated heterocycles. The van der Waals surface area contributed by atoms with Gasteiger partial charge in [-0.3, -0.25) is 10.1 Å². The molecule has 2 rings (SSSR count). The minimum atomic E-state index is -0.396. The molecule has 5 nitrogen and oxygen atoms in total. The number of benzene rings is 1. The van der Waals surface area contributed by atoms with Gasteiger partial charge in [0, 0.05) is 18.7 Å². The molecule has 0 atom stereocenters. The highest BCUT2D eigenvalue weighted by Crippen LogP contribution is 2.14. The molecule has 20 heavy (non-hydrogen) atoms. The fraction of sp³-hybridized carbons (Fsp3) is 0.286. The molecule has 0 unspecified atom stereocenters. The summed E-state index contributed by atoms with van der Waals surface area (Å²) in [7, 11) is 0. The molecule has 0 amide bonds. The average Bonchev–Trinajstić information content (AvgIpc) is 2.87. The Balaban J connectivity index is 1.81. The van der Waals surface area contributed by atoms with E-state index in [0.29, 0.717) is 13.1 Å². The van der Waals surface area contributed by atoms with Gasteiger partial charge in [-0.1, -0.05) is 12.1 Å². The molecule has 6 heteroatoms. The number of nitrogens with one attached hydrogen (secondary N) is 1. The van der Waals surface area contributed by atoms with Gasteiger partial charge in [0.1, 0.15) is 11.5 Å². The molecule has 0 aliphatic rings. The zero-order valence-corrected chi connectivity index (χ0v) is 12.0. The summed E-state index contributed by atoms with van der Waals surface area (Å²) in [6.45, 7) is 1.29. The standard InChI is InChI=1S/C14H16N2O3S/c1-20-10-14-7-6-13(19-14)9-15-8-11-2-4-12(5-3-11)16(17)18/h2-7,15H,8-10H2,1H3. The fourth-order valence-corrected chi connectivity index (χ4v) is 2.24. The molecule has 0 fully saturated rings. The van der Waals surface area contributed by atoms with Crippen molar-refractivity contribution in [3.05, 3.63) is 63.6 Å². The number of rotatable bonds is 7. The average molecular weight is 292 g/mol. The first-order chi connectivity index (χ1) is 9.69. The first-order valence-corrected chi connectivity index (χ1v) is 7.59. The van der Waals surface area contributed by atoms with Crippen molar-refractivity contribution in [2.45, 2.75) is 18.8 Å². The van der Waals surface area contributed by atoms with E-state index in [4.69, 9.17) is 4.42 Å². The van der Waals surface area contributed by atoms with E-state index in [0.717, 1.165) is 22.8 Å². The fourth-order valence-electron chi connectivity index (χ4n) is 1.80. The number of nitro benzene ring substituents is 1. The first-order valence-electron chi connectivity index (χ1n) is 6.19. The van der Waals surface area contributed by atoms with Crippen molar-refractivity contribution >= 4 is 17.4 Å². The molecule has 0 aliphatic heterocycles. The van der Waals surface area contributed by atoms with Crippen molar-refractivity contribution in [2.75, 3.05) is 6.26 Å². The van der Waals surface area contributed by atoms with Crippen LogP contribution in [0.25, 0.3) is 0 Å². The summed E-state index contributed by atoms with van der Waals surface area (Å²) >= 11 is 1.72. The summed E-state index contributed by atoms with van der Waals surface area (Å²) in [6.07, 6.45) is 2.04. The van der Waals surface area contributed by atoms with E-state index in [1.807, 2.05) is 18.4 Å². The maximum Gasteiger partial charge on any atom is 0.269 e. The minimum absolute atomic E-state index is 0.112. The van der Waals surface area contributed by atoms with Crippen molar-refractivity contribution in [1.29, 1.82) is 0 Å². The molecule has 0 spiro atoms. The van der Waals surface area contributed by atoms with Gasteiger partial charge in [-0.2, -0.15) is 11.8 Å². The van der Waals surface area contributed by atoms with Gasteiger partial charge in [0.15, 0.2) is 0 Å². The van der Waals surface area contributed by atoms with E-state index in [-0.39, 0.29) is 5.69 Å². The number of furan rings is 1. The molecule has 0 saturated carbocycles. The van der Waals surface area contributed by atoms with Crippen LogP contribution in [0.4, 0.5) is 5.69 Å². The van der Waals surface area contributed by atoms with E-state index in [1.54, 1.807) is 23.9 Å². The van der Waals surface area contributed by atoms with Crippen LogP contribution in [-0.4, -0.2) is 11.2 Å². The van der Waals surface area contributed by atoms with Crippen LogP contribution in [0.1, 0.15) is 17.1 Å². The van der Waals surface area contributed by atoms with Crippen molar-refractivity contribution in [3.8, 4) is 0 Å². The quantitative estimate of drug-likeness (QED) is 0.626. The van der Waals surface area contributed by atoms with Crippen LogP contribution in [-0.2, 0) is 18.8 Å². The van der Waals surface area contributed by atoms with E-state index in [9.17, 15) is 10.1 Å². The lowest BCUT2D eigenvalue weighted by Gasteiger charge is -2.03. The van der Waals surface area contributed by atoms with Gasteiger partial charge in [-0.15, -0.1) is 0 Å². The Kier molecular flexibility index (Phi) is 5.20. The molecule has 106 valence electrons. The molecule has 0 aliphatic carbocycles. The summed E-state index contributed by atoms with van der Waals surface area (Å²) in [4.78, 5) is 10.1. The van der Waals surface area contributed by atoms with Crippen molar-refractivity contribution < 1.29 is 9.34 Å². The molecular formula is C14H16N2O3S. The van der Waals surface area contributed by atoms with Crippen molar-refractivity contribution in [3.63, 3.8) is 0 Å². The summed E-state index contributed by atoms with van der Waals surface area (Å²) in [5.74, 6) is 2.75. The van der Waals surface area contributed by atoms with E-state index in [1.165, 1.54) is 12.1 Å². The van der Waals surface area contributed by atoms with Crippen LogP contribution < -0.4 is 5.32 Å².